The smallest absolute Gasteiger partial charge is 0.255 e. The minimum atomic E-state index is -0.286. The Kier molecular flexibility index (Phi) is 9.91. The van der Waals surface area contributed by atoms with Crippen molar-refractivity contribution in [2.24, 2.45) is 0 Å². The Labute approximate surface area is 235 Å². The van der Waals surface area contributed by atoms with Crippen molar-refractivity contribution in [1.29, 1.82) is 0 Å². The van der Waals surface area contributed by atoms with Gasteiger partial charge in [0, 0.05) is 28.4 Å². The standard InChI is InChI=1S/C33H34N2O5/c1-23(25-13-18-30(38-2)31(22-25)39-3)34-19-8-20-40-29-16-14-28(15-17-29)35-33(37)27-12-7-11-26(21-27)32(36)24-9-5-4-6-10-24/h4-7,9-18,21-23,34H,8,19-20H2,1-3H3,(H,35,37). The van der Waals surface area contributed by atoms with Gasteiger partial charge in [0.25, 0.3) is 5.91 Å². The Bertz CT molecular complexity index is 1420. The number of methoxy groups -OCH3 is 2. The van der Waals surface area contributed by atoms with Gasteiger partial charge in [-0.3, -0.25) is 9.59 Å². The lowest BCUT2D eigenvalue weighted by molar-refractivity contribution is 0.102. The molecular formula is C33H34N2O5. The number of anilines is 1. The van der Waals surface area contributed by atoms with E-state index in [4.69, 9.17) is 14.2 Å². The number of rotatable bonds is 13. The number of carbonyl (C=O) groups excluding carboxylic acids is 2. The number of carbonyl (C=O) groups is 2. The zero-order valence-corrected chi connectivity index (χ0v) is 23.0. The van der Waals surface area contributed by atoms with Crippen LogP contribution in [0.25, 0.3) is 0 Å². The third kappa shape index (κ3) is 7.48. The van der Waals surface area contributed by atoms with E-state index in [1.165, 1.54) is 0 Å². The average molecular weight is 539 g/mol. The minimum absolute atomic E-state index is 0.123. The lowest BCUT2D eigenvalue weighted by Gasteiger charge is -2.16. The van der Waals surface area contributed by atoms with Gasteiger partial charge in [-0.1, -0.05) is 48.5 Å². The SMILES string of the molecule is COc1ccc(C(C)NCCCOc2ccc(NC(=O)c3cccc(C(=O)c4ccccc4)c3)cc2)cc1OC. The van der Waals surface area contributed by atoms with Crippen molar-refractivity contribution in [2.75, 3.05) is 32.7 Å². The quantitative estimate of drug-likeness (QED) is 0.153. The van der Waals surface area contributed by atoms with E-state index in [1.54, 1.807) is 62.8 Å². The summed E-state index contributed by atoms with van der Waals surface area (Å²) in [6.45, 7) is 3.45. The molecule has 0 spiro atoms. The van der Waals surface area contributed by atoms with Crippen LogP contribution in [0.15, 0.2) is 97.1 Å². The summed E-state index contributed by atoms with van der Waals surface area (Å²) in [5.74, 6) is 1.74. The van der Waals surface area contributed by atoms with Crippen molar-refractivity contribution in [1.82, 2.24) is 5.32 Å². The maximum absolute atomic E-state index is 12.8. The Hall–Kier alpha value is -4.62. The second-order valence-corrected chi connectivity index (χ2v) is 9.25. The van der Waals surface area contributed by atoms with E-state index >= 15 is 0 Å². The van der Waals surface area contributed by atoms with Gasteiger partial charge in [0.15, 0.2) is 17.3 Å². The molecule has 206 valence electrons. The van der Waals surface area contributed by atoms with Gasteiger partial charge in [-0.2, -0.15) is 0 Å². The van der Waals surface area contributed by atoms with Crippen LogP contribution in [0, 0.1) is 0 Å². The van der Waals surface area contributed by atoms with Gasteiger partial charge in [-0.15, -0.1) is 0 Å². The molecule has 4 aromatic carbocycles. The lowest BCUT2D eigenvalue weighted by atomic mass is 10.0. The van der Waals surface area contributed by atoms with Crippen LogP contribution >= 0.6 is 0 Å². The minimum Gasteiger partial charge on any atom is -0.494 e. The summed E-state index contributed by atoms with van der Waals surface area (Å²) in [4.78, 5) is 25.5. The van der Waals surface area contributed by atoms with E-state index in [1.807, 2.05) is 48.5 Å². The molecule has 0 heterocycles. The summed E-state index contributed by atoms with van der Waals surface area (Å²) in [6.07, 6.45) is 0.828. The van der Waals surface area contributed by atoms with E-state index in [0.29, 0.717) is 40.5 Å². The monoisotopic (exact) mass is 538 g/mol. The molecule has 0 aromatic heterocycles. The zero-order valence-electron chi connectivity index (χ0n) is 23.0. The molecule has 40 heavy (non-hydrogen) atoms. The molecule has 7 nitrogen and oxygen atoms in total. The molecular weight excluding hydrogens is 504 g/mol. The fourth-order valence-electron chi connectivity index (χ4n) is 4.22. The van der Waals surface area contributed by atoms with Gasteiger partial charge >= 0.3 is 0 Å². The van der Waals surface area contributed by atoms with Crippen molar-refractivity contribution in [2.45, 2.75) is 19.4 Å². The number of ketones is 1. The molecule has 0 bridgehead atoms. The molecule has 4 aromatic rings. The van der Waals surface area contributed by atoms with E-state index in [0.717, 1.165) is 24.3 Å². The van der Waals surface area contributed by atoms with E-state index < -0.39 is 0 Å². The molecule has 1 atom stereocenters. The fourth-order valence-corrected chi connectivity index (χ4v) is 4.22. The average Bonchev–Trinajstić information content (AvgIpc) is 3.01. The molecule has 0 aliphatic rings. The molecule has 0 saturated heterocycles. The maximum atomic E-state index is 12.8. The number of benzene rings is 4. The van der Waals surface area contributed by atoms with Crippen LogP contribution in [0.1, 0.15) is 51.2 Å². The third-order valence-electron chi connectivity index (χ3n) is 6.48. The predicted molar refractivity (Wildman–Crippen MR) is 157 cm³/mol. The Morgan fingerprint density at radius 3 is 2.17 bits per heavy atom. The van der Waals surface area contributed by atoms with Gasteiger partial charge in [0.1, 0.15) is 5.75 Å². The molecule has 1 amide bonds. The van der Waals surface area contributed by atoms with Gasteiger partial charge in [0.2, 0.25) is 0 Å². The number of ether oxygens (including phenoxy) is 3. The molecule has 0 aliphatic carbocycles. The number of amides is 1. The molecule has 0 aliphatic heterocycles. The summed E-state index contributed by atoms with van der Waals surface area (Å²) in [6, 6.07) is 29.0. The van der Waals surface area contributed by atoms with Crippen molar-refractivity contribution in [3.05, 3.63) is 119 Å². The largest absolute Gasteiger partial charge is 0.494 e. The molecule has 0 radical (unpaired) electrons. The number of hydrogen-bond acceptors (Lipinski definition) is 6. The number of hydrogen-bond donors (Lipinski definition) is 2. The third-order valence-corrected chi connectivity index (χ3v) is 6.48. The first-order valence-electron chi connectivity index (χ1n) is 13.2. The maximum Gasteiger partial charge on any atom is 0.255 e. The molecule has 2 N–H and O–H groups in total. The van der Waals surface area contributed by atoms with Gasteiger partial charge < -0.3 is 24.8 Å². The van der Waals surface area contributed by atoms with Crippen LogP contribution in [0.4, 0.5) is 5.69 Å². The van der Waals surface area contributed by atoms with E-state index in [9.17, 15) is 9.59 Å². The Balaban J connectivity index is 1.22. The van der Waals surface area contributed by atoms with Crippen LogP contribution in [0.5, 0.6) is 17.2 Å². The predicted octanol–water partition coefficient (Wildman–Crippen LogP) is 6.31. The van der Waals surface area contributed by atoms with Crippen LogP contribution < -0.4 is 24.8 Å². The van der Waals surface area contributed by atoms with Crippen molar-refractivity contribution >= 4 is 17.4 Å². The van der Waals surface area contributed by atoms with Gasteiger partial charge in [-0.05, 0) is 74.0 Å². The molecule has 0 saturated carbocycles. The molecule has 7 heteroatoms. The second-order valence-electron chi connectivity index (χ2n) is 9.25. The van der Waals surface area contributed by atoms with Crippen molar-refractivity contribution in [3.8, 4) is 17.2 Å². The Morgan fingerprint density at radius 1 is 0.750 bits per heavy atom. The highest BCUT2D eigenvalue weighted by Gasteiger charge is 2.13. The first-order valence-corrected chi connectivity index (χ1v) is 13.2. The highest BCUT2D eigenvalue weighted by Crippen LogP contribution is 2.29. The summed E-state index contributed by atoms with van der Waals surface area (Å²) in [5.41, 5.74) is 3.22. The van der Waals surface area contributed by atoms with Crippen LogP contribution in [-0.4, -0.2) is 39.1 Å². The molecule has 4 rings (SSSR count). The second kappa shape index (κ2) is 14.0. The van der Waals surface area contributed by atoms with Crippen molar-refractivity contribution in [3.63, 3.8) is 0 Å². The number of nitrogens with one attached hydrogen (secondary N) is 2. The molecule has 1 unspecified atom stereocenters. The highest BCUT2D eigenvalue weighted by molar-refractivity contribution is 6.11. The zero-order chi connectivity index (χ0) is 28.3. The molecule has 0 fully saturated rings. The first kappa shape index (κ1) is 28.4. The highest BCUT2D eigenvalue weighted by atomic mass is 16.5. The lowest BCUT2D eigenvalue weighted by Crippen LogP contribution is -2.21. The first-order chi connectivity index (χ1) is 19.5. The van der Waals surface area contributed by atoms with Gasteiger partial charge in [-0.25, -0.2) is 0 Å². The van der Waals surface area contributed by atoms with Crippen LogP contribution in [-0.2, 0) is 0 Å². The van der Waals surface area contributed by atoms with Crippen LogP contribution in [0.3, 0.4) is 0 Å². The van der Waals surface area contributed by atoms with E-state index in [2.05, 4.69) is 17.6 Å². The topological polar surface area (TPSA) is 85.9 Å². The summed E-state index contributed by atoms with van der Waals surface area (Å²) in [7, 11) is 3.26. The van der Waals surface area contributed by atoms with Crippen molar-refractivity contribution < 1.29 is 23.8 Å². The summed E-state index contributed by atoms with van der Waals surface area (Å²) in [5, 5.41) is 6.37. The van der Waals surface area contributed by atoms with Crippen LogP contribution in [0.2, 0.25) is 0 Å². The summed E-state index contributed by atoms with van der Waals surface area (Å²) < 4.78 is 16.6. The summed E-state index contributed by atoms with van der Waals surface area (Å²) >= 11 is 0. The van der Waals surface area contributed by atoms with E-state index in [-0.39, 0.29) is 17.7 Å². The van der Waals surface area contributed by atoms with Gasteiger partial charge in [0.05, 0.1) is 20.8 Å². The fraction of sp³-hybridized carbons (Fsp3) is 0.212. The Morgan fingerprint density at radius 2 is 1.45 bits per heavy atom. The normalized spacial score (nSPS) is 11.4.